The highest BCUT2D eigenvalue weighted by atomic mass is 16.3. The predicted molar refractivity (Wildman–Crippen MR) is 172 cm³/mol. The fourth-order valence-electron chi connectivity index (χ4n) is 8.62. The second-order valence-corrected chi connectivity index (χ2v) is 14.8. The highest BCUT2D eigenvalue weighted by Crippen LogP contribution is 2.75. The van der Waals surface area contributed by atoms with Gasteiger partial charge in [0.05, 0.1) is 10.8 Å². The van der Waals surface area contributed by atoms with Crippen molar-refractivity contribution >= 4 is 23.1 Å². The van der Waals surface area contributed by atoms with E-state index in [0.29, 0.717) is 12.8 Å². The van der Waals surface area contributed by atoms with Crippen LogP contribution in [-0.4, -0.2) is 33.3 Å². The third kappa shape index (κ3) is 4.50. The van der Waals surface area contributed by atoms with E-state index in [9.17, 15) is 15.0 Å². The van der Waals surface area contributed by atoms with Crippen LogP contribution in [0.1, 0.15) is 97.9 Å². The van der Waals surface area contributed by atoms with Gasteiger partial charge in [-0.1, -0.05) is 54.9 Å². The molecule has 6 heteroatoms. The van der Waals surface area contributed by atoms with E-state index in [1.54, 1.807) is 0 Å². The summed E-state index contributed by atoms with van der Waals surface area (Å²) in [7, 11) is 0. The molecule has 5 rings (SSSR count). The number of hydrogen-bond acceptors (Lipinski definition) is 6. The van der Waals surface area contributed by atoms with E-state index in [0.717, 1.165) is 28.4 Å². The average molecular weight is 601 g/mol. The summed E-state index contributed by atoms with van der Waals surface area (Å²) >= 11 is 0. The largest absolute Gasteiger partial charge is 0.504 e. The number of aromatic hydroxyl groups is 2. The maximum absolute atomic E-state index is 15.3. The highest BCUT2D eigenvalue weighted by molar-refractivity contribution is 6.42. The smallest absolute Gasteiger partial charge is 0.184 e. The Labute approximate surface area is 262 Å². The van der Waals surface area contributed by atoms with Crippen molar-refractivity contribution in [1.29, 1.82) is 0 Å². The molecule has 0 amide bonds. The number of carbonyl (C=O) groups excluding carboxylic acids is 4. The number of benzene rings is 1. The van der Waals surface area contributed by atoms with E-state index in [-0.39, 0.29) is 42.4 Å². The summed E-state index contributed by atoms with van der Waals surface area (Å²) in [5, 5.41) is 20.4. The molecule has 1 aromatic carbocycles. The van der Waals surface area contributed by atoms with Crippen LogP contribution in [0.2, 0.25) is 0 Å². The molecule has 4 aliphatic carbocycles. The van der Waals surface area contributed by atoms with Gasteiger partial charge >= 0.3 is 0 Å². The molecule has 4 bridgehead atoms. The normalized spacial score (nSPS) is 30.6. The van der Waals surface area contributed by atoms with Crippen molar-refractivity contribution in [2.75, 3.05) is 0 Å². The van der Waals surface area contributed by atoms with Crippen LogP contribution >= 0.6 is 0 Å². The molecule has 2 N–H and O–H groups in total. The van der Waals surface area contributed by atoms with Crippen LogP contribution in [0, 0.1) is 39.4 Å². The van der Waals surface area contributed by atoms with E-state index >= 15 is 14.4 Å². The van der Waals surface area contributed by atoms with E-state index in [4.69, 9.17) is 0 Å². The van der Waals surface area contributed by atoms with Gasteiger partial charge in [-0.3, -0.25) is 19.2 Å². The monoisotopic (exact) mass is 600 g/mol. The molecule has 6 atom stereocenters. The third-order valence-corrected chi connectivity index (χ3v) is 11.0. The van der Waals surface area contributed by atoms with Gasteiger partial charge in [0, 0.05) is 11.5 Å². The first-order chi connectivity index (χ1) is 20.3. The number of phenolic OH excluding ortho intramolecular Hbond substituents is 2. The van der Waals surface area contributed by atoms with E-state index in [1.807, 2.05) is 67.5 Å². The summed E-state index contributed by atoms with van der Waals surface area (Å²) in [6.45, 7) is 23.6. The van der Waals surface area contributed by atoms with Crippen LogP contribution in [0.3, 0.4) is 0 Å². The van der Waals surface area contributed by atoms with Crippen LogP contribution in [0.5, 0.6) is 11.5 Å². The van der Waals surface area contributed by atoms with Crippen molar-refractivity contribution < 1.29 is 29.4 Å². The minimum atomic E-state index is -2.16. The first kappa shape index (κ1) is 33.4. The molecule has 0 radical (unpaired) electrons. The van der Waals surface area contributed by atoms with Gasteiger partial charge in [0.15, 0.2) is 40.0 Å². The number of hydrogen-bond donors (Lipinski definition) is 2. The number of Topliss-reactive ketones (excluding diaryl/α,β-unsaturated/α-hetero) is 4. The van der Waals surface area contributed by atoms with Gasteiger partial charge in [0.25, 0.3) is 0 Å². The van der Waals surface area contributed by atoms with Gasteiger partial charge in [0.1, 0.15) is 0 Å². The molecule has 4 aliphatic rings. The van der Waals surface area contributed by atoms with Crippen molar-refractivity contribution in [3.63, 3.8) is 0 Å². The maximum atomic E-state index is 15.3. The Morgan fingerprint density at radius 1 is 0.955 bits per heavy atom. The molecule has 236 valence electrons. The van der Waals surface area contributed by atoms with E-state index in [1.165, 1.54) is 12.1 Å². The molecule has 0 spiro atoms. The van der Waals surface area contributed by atoms with E-state index in [2.05, 4.69) is 13.2 Å². The summed E-state index contributed by atoms with van der Waals surface area (Å²) in [6.07, 6.45) is 5.66. The van der Waals surface area contributed by atoms with Crippen LogP contribution in [-0.2, 0) is 14.4 Å². The van der Waals surface area contributed by atoms with Crippen LogP contribution < -0.4 is 0 Å². The summed E-state index contributed by atoms with van der Waals surface area (Å²) in [5.41, 5.74) is -2.59. The SMILES string of the molecule is C=C(C)CC[C@H](C[C@@]12C[C@H]3[C@@H](C=C(C)C)[C@@](C(=O)c4ccc(O)c(O)c4)(C1=O)C(=O)[C@@](CC=C(C)C)(C2=O)C3(C)C)C(=C)C. The lowest BCUT2D eigenvalue weighted by Gasteiger charge is -2.71. The average Bonchev–Trinajstić information content (AvgIpc) is 2.91. The third-order valence-electron chi connectivity index (χ3n) is 11.0. The Hall–Kier alpha value is -3.54. The summed E-state index contributed by atoms with van der Waals surface area (Å²) in [5.74, 6) is -4.59. The number of ketones is 4. The minimum Gasteiger partial charge on any atom is -0.504 e. The molecule has 0 heterocycles. The van der Waals surface area contributed by atoms with Crippen molar-refractivity contribution in [1.82, 2.24) is 0 Å². The number of phenols is 2. The lowest BCUT2D eigenvalue weighted by Crippen LogP contribution is -2.83. The van der Waals surface area contributed by atoms with Crippen LogP contribution in [0.4, 0.5) is 0 Å². The fourth-order valence-corrected chi connectivity index (χ4v) is 8.62. The van der Waals surface area contributed by atoms with Gasteiger partial charge in [-0.15, -0.1) is 6.58 Å². The van der Waals surface area contributed by atoms with E-state index < -0.39 is 56.4 Å². The fraction of sp³-hybridized carbons (Fsp3) is 0.526. The predicted octanol–water partition coefficient (Wildman–Crippen LogP) is 7.90. The van der Waals surface area contributed by atoms with Gasteiger partial charge in [0.2, 0.25) is 0 Å². The first-order valence-corrected chi connectivity index (χ1v) is 15.6. The summed E-state index contributed by atoms with van der Waals surface area (Å²) in [6, 6.07) is 3.64. The van der Waals surface area contributed by atoms with Crippen molar-refractivity contribution in [2.45, 2.75) is 87.5 Å². The molecule has 1 aromatic rings. The van der Waals surface area contributed by atoms with Crippen LogP contribution in [0.15, 0.2) is 65.8 Å². The Morgan fingerprint density at radius 2 is 1.59 bits per heavy atom. The Kier molecular flexibility index (Phi) is 8.43. The maximum Gasteiger partial charge on any atom is 0.184 e. The van der Waals surface area contributed by atoms with Gasteiger partial charge in [-0.05, 0) is 109 Å². The molecule has 4 fully saturated rings. The molecule has 0 aliphatic heterocycles. The number of allylic oxidation sites excluding steroid dienone is 6. The zero-order valence-corrected chi connectivity index (χ0v) is 27.6. The van der Waals surface area contributed by atoms with Gasteiger partial charge in [-0.25, -0.2) is 0 Å². The first-order valence-electron chi connectivity index (χ1n) is 15.6. The second-order valence-electron chi connectivity index (χ2n) is 14.8. The number of rotatable bonds is 11. The molecule has 44 heavy (non-hydrogen) atoms. The van der Waals surface area contributed by atoms with Gasteiger partial charge in [-0.2, -0.15) is 0 Å². The molecular weight excluding hydrogens is 552 g/mol. The molecule has 0 saturated heterocycles. The molecular formula is C38H48O6. The Morgan fingerprint density at radius 3 is 2.11 bits per heavy atom. The van der Waals surface area contributed by atoms with Crippen molar-refractivity contribution in [3.05, 3.63) is 71.4 Å². The Bertz CT molecular complexity index is 1530. The second kappa shape index (κ2) is 11.1. The zero-order chi connectivity index (χ0) is 33.2. The topological polar surface area (TPSA) is 109 Å². The number of carbonyl (C=O) groups is 4. The molecule has 6 nitrogen and oxygen atoms in total. The zero-order valence-electron chi connectivity index (χ0n) is 27.6. The minimum absolute atomic E-state index is 0.0485. The Balaban J connectivity index is 2.11. The standard InChI is InChI=1S/C38H48O6/c1-21(2)11-12-26(24(7)8)19-36-20-28-27(17-23(5)6)38(33(36)43,31(41)25-13-14-29(39)30(40)18-25)34(44)37(32(36)42,35(28,9)10)16-15-22(3)4/h13-15,17-18,26-28,39-40H,1,7,11-12,16,19-20H2,2-6,8-10H3/t26-,27-,28+,36+,37-,38-/m1/s1. The van der Waals surface area contributed by atoms with Crippen molar-refractivity contribution in [3.8, 4) is 11.5 Å². The molecule has 0 aromatic heterocycles. The highest BCUT2D eigenvalue weighted by Gasteiger charge is 2.86. The molecule has 4 saturated carbocycles. The molecule has 0 unspecified atom stereocenters. The quantitative estimate of drug-likeness (QED) is 0.116. The lowest BCUT2D eigenvalue weighted by atomic mass is 9.26. The van der Waals surface area contributed by atoms with Crippen molar-refractivity contribution in [2.24, 2.45) is 39.4 Å². The summed E-state index contributed by atoms with van der Waals surface area (Å²) < 4.78 is 0. The van der Waals surface area contributed by atoms with Crippen LogP contribution in [0.25, 0.3) is 0 Å². The summed E-state index contributed by atoms with van der Waals surface area (Å²) in [4.78, 5) is 60.8. The van der Waals surface area contributed by atoms with Gasteiger partial charge < -0.3 is 10.2 Å². The lowest BCUT2D eigenvalue weighted by molar-refractivity contribution is -0.212.